The summed E-state index contributed by atoms with van der Waals surface area (Å²) in [5.74, 6) is 0. The van der Waals surface area contributed by atoms with Crippen LogP contribution >= 0.6 is 0 Å². The molecule has 0 heterocycles. The van der Waals surface area contributed by atoms with Gasteiger partial charge in [-0.3, -0.25) is 10.1 Å². The molecule has 0 radical (unpaired) electrons. The monoisotopic (exact) mass is 276 g/mol. The fourth-order valence-electron chi connectivity index (χ4n) is 1.77. The van der Waals surface area contributed by atoms with E-state index in [1.165, 1.54) is 13.0 Å². The summed E-state index contributed by atoms with van der Waals surface area (Å²) in [7, 11) is 0. The Kier molecular flexibility index (Phi) is 5.29. The van der Waals surface area contributed by atoms with Gasteiger partial charge >= 0.3 is 6.18 Å². The highest BCUT2D eigenvalue weighted by Crippen LogP contribution is 2.21. The number of hydrogen-bond acceptors (Lipinski definition) is 3. The van der Waals surface area contributed by atoms with Gasteiger partial charge in [0.25, 0.3) is 5.69 Å². The highest BCUT2D eigenvalue weighted by Gasteiger charge is 2.29. The van der Waals surface area contributed by atoms with Crippen molar-refractivity contribution in [2.75, 3.05) is 6.54 Å². The van der Waals surface area contributed by atoms with E-state index in [2.05, 4.69) is 5.32 Å². The average molecular weight is 276 g/mol. The number of rotatable bonds is 6. The number of hydrogen-bond donors (Lipinski definition) is 1. The van der Waals surface area contributed by atoms with Crippen molar-refractivity contribution in [2.24, 2.45) is 0 Å². The molecule has 0 saturated carbocycles. The van der Waals surface area contributed by atoms with Gasteiger partial charge in [0.1, 0.15) is 0 Å². The minimum atomic E-state index is -4.20. The molecule has 0 aromatic heterocycles. The van der Waals surface area contributed by atoms with Gasteiger partial charge in [-0.2, -0.15) is 13.2 Å². The first-order valence-corrected chi connectivity index (χ1v) is 5.82. The lowest BCUT2D eigenvalue weighted by Gasteiger charge is -2.15. The third-order valence-electron chi connectivity index (χ3n) is 2.61. The van der Waals surface area contributed by atoms with Crippen molar-refractivity contribution < 1.29 is 18.1 Å². The number of nitrogens with zero attached hydrogens (tertiary/aromatic N) is 1. The number of nitrogens with one attached hydrogen (secondary N) is 1. The maximum atomic E-state index is 12.1. The summed E-state index contributed by atoms with van der Waals surface area (Å²) in [6.45, 7) is 1.70. The Hall–Kier alpha value is -1.63. The lowest BCUT2D eigenvalue weighted by molar-refractivity contribution is -0.385. The van der Waals surface area contributed by atoms with E-state index in [1.807, 2.05) is 0 Å². The Labute approximate surface area is 108 Å². The Bertz CT molecular complexity index is 435. The third-order valence-corrected chi connectivity index (χ3v) is 2.61. The van der Waals surface area contributed by atoms with Gasteiger partial charge in [0.05, 0.1) is 11.3 Å². The lowest BCUT2D eigenvalue weighted by Crippen LogP contribution is -2.32. The van der Waals surface area contributed by atoms with E-state index in [0.717, 1.165) is 0 Å². The molecule has 0 saturated heterocycles. The molecule has 1 atom stereocenters. The molecule has 1 unspecified atom stereocenters. The average Bonchev–Trinajstić information content (AvgIpc) is 2.27. The molecule has 4 nitrogen and oxygen atoms in total. The van der Waals surface area contributed by atoms with Gasteiger partial charge < -0.3 is 5.32 Å². The summed E-state index contributed by atoms with van der Waals surface area (Å²) in [6, 6.07) is 5.51. The van der Waals surface area contributed by atoms with Crippen LogP contribution < -0.4 is 5.32 Å². The molecule has 0 fully saturated rings. The highest BCUT2D eigenvalue weighted by molar-refractivity contribution is 5.39. The van der Waals surface area contributed by atoms with Crippen molar-refractivity contribution in [1.29, 1.82) is 0 Å². The molecular formula is C12H15F3N2O2. The van der Waals surface area contributed by atoms with E-state index < -0.39 is 23.6 Å². The van der Waals surface area contributed by atoms with Gasteiger partial charge in [-0.25, -0.2) is 0 Å². The highest BCUT2D eigenvalue weighted by atomic mass is 19.4. The summed E-state index contributed by atoms with van der Waals surface area (Å²) in [4.78, 5) is 10.3. The number of benzene rings is 1. The zero-order valence-corrected chi connectivity index (χ0v) is 10.4. The smallest absolute Gasteiger partial charge is 0.314 e. The summed E-state index contributed by atoms with van der Waals surface area (Å²) in [6.07, 6.45) is -4.80. The van der Waals surface area contributed by atoms with E-state index in [1.54, 1.807) is 18.2 Å². The Morgan fingerprint density at radius 1 is 1.37 bits per heavy atom. The molecule has 0 aliphatic heterocycles. The van der Waals surface area contributed by atoms with E-state index in [-0.39, 0.29) is 12.2 Å². The van der Waals surface area contributed by atoms with E-state index in [4.69, 9.17) is 0 Å². The molecule has 0 bridgehead atoms. The van der Waals surface area contributed by atoms with Crippen LogP contribution in [-0.2, 0) is 6.42 Å². The van der Waals surface area contributed by atoms with Crippen LogP contribution in [0.1, 0.15) is 18.9 Å². The van der Waals surface area contributed by atoms with Crippen LogP contribution in [0.4, 0.5) is 18.9 Å². The maximum absolute atomic E-state index is 12.1. The zero-order chi connectivity index (χ0) is 14.5. The molecule has 1 rings (SSSR count). The van der Waals surface area contributed by atoms with Crippen molar-refractivity contribution in [3.8, 4) is 0 Å². The topological polar surface area (TPSA) is 55.2 Å². The molecule has 1 aromatic carbocycles. The van der Waals surface area contributed by atoms with Gasteiger partial charge in [-0.15, -0.1) is 0 Å². The summed E-state index contributed by atoms with van der Waals surface area (Å²) in [5.41, 5.74) is 0.506. The Morgan fingerprint density at radius 2 is 2.00 bits per heavy atom. The number of nitro benzene ring substituents is 1. The number of nitro groups is 1. The first kappa shape index (κ1) is 15.4. The second-order valence-corrected chi connectivity index (χ2v) is 4.31. The van der Waals surface area contributed by atoms with Crippen LogP contribution in [0.15, 0.2) is 24.3 Å². The van der Waals surface area contributed by atoms with Crippen molar-refractivity contribution in [3.05, 3.63) is 39.9 Å². The van der Waals surface area contributed by atoms with E-state index >= 15 is 0 Å². The minimum absolute atomic E-state index is 0.00669. The predicted octanol–water partition coefficient (Wildman–Crippen LogP) is 3.07. The van der Waals surface area contributed by atoms with Crippen LogP contribution in [0.25, 0.3) is 0 Å². The van der Waals surface area contributed by atoms with Crippen molar-refractivity contribution in [2.45, 2.75) is 32.0 Å². The summed E-state index contributed by atoms with van der Waals surface area (Å²) >= 11 is 0. The largest absolute Gasteiger partial charge is 0.390 e. The molecule has 0 amide bonds. The first-order valence-electron chi connectivity index (χ1n) is 5.82. The standard InChI is InChI=1S/C12H15F3N2O2/c1-9(8-12(13,14)15)16-7-6-10-4-2-3-5-11(10)17(18)19/h2-5,9,16H,6-8H2,1H3. The van der Waals surface area contributed by atoms with Crippen LogP contribution in [0, 0.1) is 10.1 Å². The number of para-hydroxylation sites is 1. The van der Waals surface area contributed by atoms with E-state index in [0.29, 0.717) is 12.0 Å². The quantitative estimate of drug-likeness (QED) is 0.641. The van der Waals surface area contributed by atoms with Crippen LogP contribution in [-0.4, -0.2) is 23.7 Å². The van der Waals surface area contributed by atoms with Gasteiger partial charge in [0, 0.05) is 17.7 Å². The molecule has 0 aliphatic rings. The first-order chi connectivity index (χ1) is 8.79. The van der Waals surface area contributed by atoms with Gasteiger partial charge in [-0.1, -0.05) is 18.2 Å². The maximum Gasteiger partial charge on any atom is 0.390 e. The predicted molar refractivity (Wildman–Crippen MR) is 64.9 cm³/mol. The molecule has 1 N–H and O–H groups in total. The summed E-state index contributed by atoms with van der Waals surface area (Å²) < 4.78 is 36.3. The molecule has 19 heavy (non-hydrogen) atoms. The van der Waals surface area contributed by atoms with Crippen LogP contribution in [0.5, 0.6) is 0 Å². The molecule has 0 spiro atoms. The molecule has 7 heteroatoms. The van der Waals surface area contributed by atoms with Crippen molar-refractivity contribution >= 4 is 5.69 Å². The fraction of sp³-hybridized carbons (Fsp3) is 0.500. The summed E-state index contributed by atoms with van der Waals surface area (Å²) in [5, 5.41) is 13.5. The van der Waals surface area contributed by atoms with Crippen molar-refractivity contribution in [3.63, 3.8) is 0 Å². The van der Waals surface area contributed by atoms with Crippen LogP contribution in [0.2, 0.25) is 0 Å². The Balaban J connectivity index is 2.48. The zero-order valence-electron chi connectivity index (χ0n) is 10.4. The van der Waals surface area contributed by atoms with Gasteiger partial charge in [0.15, 0.2) is 0 Å². The second kappa shape index (κ2) is 6.51. The minimum Gasteiger partial charge on any atom is -0.314 e. The Morgan fingerprint density at radius 3 is 2.58 bits per heavy atom. The SMILES string of the molecule is CC(CC(F)(F)F)NCCc1ccccc1[N+](=O)[O-]. The molecule has 106 valence electrons. The fourth-order valence-corrected chi connectivity index (χ4v) is 1.77. The molecule has 0 aliphatic carbocycles. The lowest BCUT2D eigenvalue weighted by atomic mass is 10.1. The van der Waals surface area contributed by atoms with Gasteiger partial charge in [0.2, 0.25) is 0 Å². The second-order valence-electron chi connectivity index (χ2n) is 4.31. The molecular weight excluding hydrogens is 261 g/mol. The number of alkyl halides is 3. The van der Waals surface area contributed by atoms with Crippen molar-refractivity contribution in [1.82, 2.24) is 5.32 Å². The number of halogens is 3. The van der Waals surface area contributed by atoms with Crippen LogP contribution in [0.3, 0.4) is 0 Å². The van der Waals surface area contributed by atoms with Gasteiger partial charge in [-0.05, 0) is 19.9 Å². The van der Waals surface area contributed by atoms with E-state index in [9.17, 15) is 23.3 Å². The molecule has 1 aromatic rings. The normalized spacial score (nSPS) is 13.3. The third kappa shape index (κ3) is 5.69.